The summed E-state index contributed by atoms with van der Waals surface area (Å²) in [6, 6.07) is 8.62. The van der Waals surface area contributed by atoms with E-state index in [1.165, 1.54) is 0 Å². The van der Waals surface area contributed by atoms with Gasteiger partial charge in [-0.2, -0.15) is 0 Å². The Morgan fingerprint density at radius 2 is 1.95 bits per heavy atom. The van der Waals surface area contributed by atoms with Crippen LogP contribution in [0.2, 0.25) is 0 Å². The Morgan fingerprint density at radius 3 is 2.67 bits per heavy atom. The Balaban J connectivity index is 1.73. The molecule has 0 atom stereocenters. The molecule has 1 N–H and O–H groups in total. The van der Waals surface area contributed by atoms with Crippen LogP contribution in [0.4, 0.5) is 0 Å². The number of rotatable bonds is 6. The van der Waals surface area contributed by atoms with Crippen molar-refractivity contribution in [3.8, 4) is 0 Å². The van der Waals surface area contributed by atoms with Gasteiger partial charge in [-0.25, -0.2) is 0 Å². The summed E-state index contributed by atoms with van der Waals surface area (Å²) in [5, 5.41) is 2.86. The first-order valence-electron chi connectivity index (χ1n) is 7.03. The number of unbranched alkanes of at least 4 members (excludes halogenated alkanes) is 1. The van der Waals surface area contributed by atoms with Crippen molar-refractivity contribution >= 4 is 5.91 Å². The van der Waals surface area contributed by atoms with E-state index in [-0.39, 0.29) is 11.5 Å². The van der Waals surface area contributed by atoms with Crippen LogP contribution in [0.25, 0.3) is 0 Å². The first-order chi connectivity index (χ1) is 10.2. The second kappa shape index (κ2) is 7.38. The van der Waals surface area contributed by atoms with Crippen molar-refractivity contribution in [2.24, 2.45) is 0 Å². The number of aromatic nitrogens is 2. The summed E-state index contributed by atoms with van der Waals surface area (Å²) in [6.45, 7) is 3.20. The molecule has 0 saturated carbocycles. The maximum absolute atomic E-state index is 11.8. The van der Waals surface area contributed by atoms with Crippen molar-refractivity contribution in [2.75, 3.05) is 6.54 Å². The summed E-state index contributed by atoms with van der Waals surface area (Å²) < 4.78 is 1.75. The molecular weight excluding hydrogens is 266 g/mol. The molecule has 0 fully saturated rings. The van der Waals surface area contributed by atoms with Crippen molar-refractivity contribution in [2.45, 2.75) is 26.3 Å². The minimum Gasteiger partial charge on any atom is -0.352 e. The van der Waals surface area contributed by atoms with E-state index in [4.69, 9.17) is 0 Å². The lowest BCUT2D eigenvalue weighted by Gasteiger charge is -2.09. The number of carbonyl (C=O) groups excluding carboxylic acids is 1. The van der Waals surface area contributed by atoms with Crippen LogP contribution in [0.1, 0.15) is 28.9 Å². The molecule has 2 heterocycles. The second-order valence-electron chi connectivity index (χ2n) is 4.86. The SMILES string of the molecule is Cc1cccc(=O)n1CCCCNC(=O)c1ccncc1. The molecule has 2 aromatic rings. The summed E-state index contributed by atoms with van der Waals surface area (Å²) in [4.78, 5) is 27.4. The van der Waals surface area contributed by atoms with Gasteiger partial charge in [0.15, 0.2) is 0 Å². The molecule has 0 unspecified atom stereocenters. The molecule has 2 aromatic heterocycles. The lowest BCUT2D eigenvalue weighted by Crippen LogP contribution is -2.25. The molecule has 2 rings (SSSR count). The van der Waals surface area contributed by atoms with Crippen LogP contribution in [0.5, 0.6) is 0 Å². The minimum atomic E-state index is -0.0922. The number of amides is 1. The average molecular weight is 285 g/mol. The third kappa shape index (κ3) is 4.27. The van der Waals surface area contributed by atoms with Gasteiger partial charge in [0.1, 0.15) is 0 Å². The normalized spacial score (nSPS) is 10.3. The highest BCUT2D eigenvalue weighted by atomic mass is 16.1. The quantitative estimate of drug-likeness (QED) is 0.823. The largest absolute Gasteiger partial charge is 0.352 e. The van der Waals surface area contributed by atoms with E-state index in [1.54, 1.807) is 41.2 Å². The number of aryl methyl sites for hydroxylation is 1. The monoisotopic (exact) mass is 285 g/mol. The van der Waals surface area contributed by atoms with E-state index in [1.807, 2.05) is 13.0 Å². The summed E-state index contributed by atoms with van der Waals surface area (Å²) in [6.07, 6.45) is 4.87. The van der Waals surface area contributed by atoms with Gasteiger partial charge in [0, 0.05) is 42.8 Å². The number of hydrogen-bond acceptors (Lipinski definition) is 3. The van der Waals surface area contributed by atoms with E-state index < -0.39 is 0 Å². The van der Waals surface area contributed by atoms with Gasteiger partial charge in [-0.15, -0.1) is 0 Å². The zero-order valence-electron chi connectivity index (χ0n) is 12.1. The third-order valence-corrected chi connectivity index (χ3v) is 3.30. The molecule has 21 heavy (non-hydrogen) atoms. The van der Waals surface area contributed by atoms with Crippen molar-refractivity contribution in [1.82, 2.24) is 14.9 Å². The van der Waals surface area contributed by atoms with Crippen molar-refractivity contribution in [1.29, 1.82) is 0 Å². The van der Waals surface area contributed by atoms with Gasteiger partial charge in [-0.05, 0) is 38.0 Å². The number of hydrogen-bond donors (Lipinski definition) is 1. The van der Waals surface area contributed by atoms with Crippen LogP contribution in [0, 0.1) is 6.92 Å². The molecule has 5 heteroatoms. The Morgan fingerprint density at radius 1 is 1.19 bits per heavy atom. The van der Waals surface area contributed by atoms with Gasteiger partial charge < -0.3 is 9.88 Å². The van der Waals surface area contributed by atoms with Gasteiger partial charge in [-0.3, -0.25) is 14.6 Å². The smallest absolute Gasteiger partial charge is 0.251 e. The number of pyridine rings is 2. The van der Waals surface area contributed by atoms with Crippen molar-refractivity contribution in [3.63, 3.8) is 0 Å². The number of nitrogens with one attached hydrogen (secondary N) is 1. The van der Waals surface area contributed by atoms with E-state index >= 15 is 0 Å². The molecule has 0 aliphatic rings. The van der Waals surface area contributed by atoms with Gasteiger partial charge in [0.2, 0.25) is 0 Å². The van der Waals surface area contributed by atoms with Crippen LogP contribution in [0.3, 0.4) is 0 Å². The van der Waals surface area contributed by atoms with Gasteiger partial charge in [0.05, 0.1) is 0 Å². The lowest BCUT2D eigenvalue weighted by molar-refractivity contribution is 0.0952. The molecule has 0 radical (unpaired) electrons. The summed E-state index contributed by atoms with van der Waals surface area (Å²) in [7, 11) is 0. The first kappa shape index (κ1) is 15.0. The molecule has 0 aromatic carbocycles. The van der Waals surface area contributed by atoms with Crippen LogP contribution >= 0.6 is 0 Å². The van der Waals surface area contributed by atoms with Crippen LogP contribution < -0.4 is 10.9 Å². The highest BCUT2D eigenvalue weighted by molar-refractivity contribution is 5.93. The van der Waals surface area contributed by atoms with E-state index in [2.05, 4.69) is 10.3 Å². The number of nitrogens with zero attached hydrogens (tertiary/aromatic N) is 2. The molecule has 110 valence electrons. The predicted octanol–water partition coefficient (Wildman–Crippen LogP) is 1.76. The van der Waals surface area contributed by atoms with E-state index in [0.29, 0.717) is 18.7 Å². The minimum absolute atomic E-state index is 0.0239. The summed E-state index contributed by atoms with van der Waals surface area (Å²) >= 11 is 0. The zero-order valence-corrected chi connectivity index (χ0v) is 12.1. The van der Waals surface area contributed by atoms with Crippen molar-refractivity contribution < 1.29 is 4.79 Å². The standard InChI is InChI=1S/C16H19N3O2/c1-13-5-4-6-15(20)19(13)12-3-2-9-18-16(21)14-7-10-17-11-8-14/h4-8,10-11H,2-3,9,12H2,1H3,(H,18,21). The third-order valence-electron chi connectivity index (χ3n) is 3.30. The number of carbonyl (C=O) groups is 1. The fourth-order valence-corrected chi connectivity index (χ4v) is 2.11. The average Bonchev–Trinajstić information content (AvgIpc) is 2.50. The molecule has 0 bridgehead atoms. The topological polar surface area (TPSA) is 64.0 Å². The zero-order chi connectivity index (χ0) is 15.1. The molecule has 0 saturated heterocycles. The van der Waals surface area contributed by atoms with E-state index in [0.717, 1.165) is 18.5 Å². The fraction of sp³-hybridized carbons (Fsp3) is 0.312. The first-order valence-corrected chi connectivity index (χ1v) is 7.03. The Hall–Kier alpha value is -2.43. The van der Waals surface area contributed by atoms with Gasteiger partial charge in [-0.1, -0.05) is 6.07 Å². The molecule has 5 nitrogen and oxygen atoms in total. The lowest BCUT2D eigenvalue weighted by atomic mass is 10.2. The fourth-order valence-electron chi connectivity index (χ4n) is 2.11. The highest BCUT2D eigenvalue weighted by Crippen LogP contribution is 1.99. The second-order valence-corrected chi connectivity index (χ2v) is 4.86. The van der Waals surface area contributed by atoms with Crippen LogP contribution in [-0.2, 0) is 6.54 Å². The Labute approximate surface area is 123 Å². The molecule has 0 aliphatic carbocycles. The molecule has 1 amide bonds. The highest BCUT2D eigenvalue weighted by Gasteiger charge is 2.03. The maximum atomic E-state index is 11.8. The van der Waals surface area contributed by atoms with Gasteiger partial charge in [0.25, 0.3) is 11.5 Å². The Kier molecular flexibility index (Phi) is 5.26. The van der Waals surface area contributed by atoms with E-state index in [9.17, 15) is 9.59 Å². The molecule has 0 aliphatic heterocycles. The predicted molar refractivity (Wildman–Crippen MR) is 81.2 cm³/mol. The molecular formula is C16H19N3O2. The summed E-state index contributed by atoms with van der Waals surface area (Å²) in [5.74, 6) is -0.0922. The Bertz CT molecular complexity index is 650. The van der Waals surface area contributed by atoms with Crippen LogP contribution in [-0.4, -0.2) is 22.0 Å². The van der Waals surface area contributed by atoms with Crippen molar-refractivity contribution in [3.05, 3.63) is 64.3 Å². The maximum Gasteiger partial charge on any atom is 0.251 e. The molecule has 0 spiro atoms. The van der Waals surface area contributed by atoms with Gasteiger partial charge >= 0.3 is 0 Å². The summed E-state index contributed by atoms with van der Waals surface area (Å²) in [5.41, 5.74) is 1.60. The van der Waals surface area contributed by atoms with Crippen LogP contribution in [0.15, 0.2) is 47.5 Å².